The number of H-pyrrole nitrogens is 1. The third-order valence-electron chi connectivity index (χ3n) is 4.58. The number of aromatic nitrogens is 2. The average Bonchev–Trinajstić information content (AvgIpc) is 3.14. The van der Waals surface area contributed by atoms with Gasteiger partial charge in [0, 0.05) is 9.13 Å². The van der Waals surface area contributed by atoms with Crippen molar-refractivity contribution in [2.24, 2.45) is 0 Å². The second-order valence-corrected chi connectivity index (χ2v) is 9.26. The summed E-state index contributed by atoms with van der Waals surface area (Å²) >= 11 is 4.56. The van der Waals surface area contributed by atoms with E-state index in [1.807, 2.05) is 67.6 Å². The number of fused-ring (bicyclic) bond motifs is 1. The number of nitrogens with one attached hydrogen (secondary N) is 1. The van der Waals surface area contributed by atoms with E-state index in [0.717, 1.165) is 40.6 Å². The first-order valence-corrected chi connectivity index (χ1v) is 11.4. The maximum absolute atomic E-state index is 9.84. The third-order valence-corrected chi connectivity index (χ3v) is 6.00. The number of hydrogen-bond acceptors (Lipinski definition) is 3. The highest BCUT2D eigenvalue weighted by Crippen LogP contribution is 2.32. The van der Waals surface area contributed by atoms with Crippen molar-refractivity contribution < 1.29 is 4.74 Å². The lowest BCUT2D eigenvalue weighted by Crippen LogP contribution is -2.00. The number of halogens is 2. The molecule has 0 aliphatic carbocycles. The van der Waals surface area contributed by atoms with Gasteiger partial charge in [-0.05, 0) is 93.6 Å². The Bertz CT molecular complexity index is 1290. The van der Waals surface area contributed by atoms with E-state index in [9.17, 15) is 5.26 Å². The van der Waals surface area contributed by atoms with E-state index in [4.69, 9.17) is 4.74 Å². The van der Waals surface area contributed by atoms with E-state index >= 15 is 0 Å². The molecule has 1 N–H and O–H groups in total. The largest absolute Gasteiger partial charge is 0.487 e. The van der Waals surface area contributed by atoms with E-state index in [2.05, 4.69) is 67.3 Å². The number of rotatable bonds is 5. The van der Waals surface area contributed by atoms with Crippen molar-refractivity contribution in [3.8, 4) is 11.8 Å². The number of imidazole rings is 1. The Morgan fingerprint density at radius 2 is 1.93 bits per heavy atom. The molecule has 0 aliphatic heterocycles. The van der Waals surface area contributed by atoms with Gasteiger partial charge in [-0.3, -0.25) is 0 Å². The monoisotopic (exact) mass is 617 g/mol. The molecule has 30 heavy (non-hydrogen) atoms. The van der Waals surface area contributed by atoms with Crippen molar-refractivity contribution in [3.63, 3.8) is 0 Å². The summed E-state index contributed by atoms with van der Waals surface area (Å²) in [4.78, 5) is 7.87. The molecule has 0 atom stereocenters. The van der Waals surface area contributed by atoms with Crippen molar-refractivity contribution in [3.05, 3.63) is 90.3 Å². The normalized spacial score (nSPS) is 11.5. The van der Waals surface area contributed by atoms with Crippen molar-refractivity contribution in [2.45, 2.75) is 13.5 Å². The molecule has 0 saturated carbocycles. The highest BCUT2D eigenvalue weighted by molar-refractivity contribution is 14.1. The summed E-state index contributed by atoms with van der Waals surface area (Å²) in [5.41, 5.74) is 5.32. The predicted octanol–water partition coefficient (Wildman–Crippen LogP) is 6.72. The Morgan fingerprint density at radius 3 is 2.70 bits per heavy atom. The number of benzene rings is 3. The minimum Gasteiger partial charge on any atom is -0.487 e. The van der Waals surface area contributed by atoms with Gasteiger partial charge in [0.15, 0.2) is 0 Å². The van der Waals surface area contributed by atoms with Crippen LogP contribution in [-0.2, 0) is 6.61 Å². The van der Waals surface area contributed by atoms with Gasteiger partial charge < -0.3 is 9.72 Å². The molecule has 148 valence electrons. The summed E-state index contributed by atoms with van der Waals surface area (Å²) in [7, 11) is 0. The number of aryl methyl sites for hydroxylation is 1. The van der Waals surface area contributed by atoms with Gasteiger partial charge >= 0.3 is 0 Å². The molecule has 4 rings (SSSR count). The number of aromatic amines is 1. The van der Waals surface area contributed by atoms with Gasteiger partial charge in [0.25, 0.3) is 0 Å². The van der Waals surface area contributed by atoms with Crippen LogP contribution in [0.2, 0.25) is 0 Å². The minimum absolute atomic E-state index is 0.462. The SMILES string of the molecule is Cc1ccc2nc(C(C#N)=Cc3cc(I)cc(I)c3OCc3ccccc3)[nH]c2c1. The lowest BCUT2D eigenvalue weighted by Gasteiger charge is -2.13. The number of allylic oxidation sites excluding steroid dienone is 1. The van der Waals surface area contributed by atoms with Gasteiger partial charge in [-0.25, -0.2) is 4.98 Å². The van der Waals surface area contributed by atoms with E-state index in [0.29, 0.717) is 18.0 Å². The Balaban J connectivity index is 1.73. The topological polar surface area (TPSA) is 61.7 Å². The van der Waals surface area contributed by atoms with E-state index < -0.39 is 0 Å². The van der Waals surface area contributed by atoms with E-state index in [1.54, 1.807) is 0 Å². The Morgan fingerprint density at radius 1 is 1.13 bits per heavy atom. The molecule has 0 bridgehead atoms. The zero-order chi connectivity index (χ0) is 21.1. The highest BCUT2D eigenvalue weighted by Gasteiger charge is 2.13. The number of nitriles is 1. The van der Waals surface area contributed by atoms with Crippen LogP contribution < -0.4 is 4.74 Å². The molecule has 4 aromatic rings. The van der Waals surface area contributed by atoms with Gasteiger partial charge in [-0.2, -0.15) is 5.26 Å². The van der Waals surface area contributed by atoms with Crippen molar-refractivity contribution in [1.82, 2.24) is 9.97 Å². The molecule has 0 aliphatic rings. The van der Waals surface area contributed by atoms with Crippen LogP contribution >= 0.6 is 45.2 Å². The molecule has 0 spiro atoms. The molecular formula is C24H17I2N3O. The van der Waals surface area contributed by atoms with E-state index in [-0.39, 0.29) is 0 Å². The second-order valence-electron chi connectivity index (χ2n) is 6.86. The quantitative estimate of drug-likeness (QED) is 0.200. The van der Waals surface area contributed by atoms with Gasteiger partial charge in [0.2, 0.25) is 0 Å². The fraction of sp³-hybridized carbons (Fsp3) is 0.0833. The zero-order valence-corrected chi connectivity index (χ0v) is 20.4. The van der Waals surface area contributed by atoms with E-state index in [1.165, 1.54) is 0 Å². The second kappa shape index (κ2) is 9.18. The average molecular weight is 617 g/mol. The molecule has 3 aromatic carbocycles. The first-order chi connectivity index (χ1) is 14.5. The zero-order valence-electron chi connectivity index (χ0n) is 16.1. The summed E-state index contributed by atoms with van der Waals surface area (Å²) in [6.07, 6.45) is 1.84. The standard InChI is InChI=1S/C24H17I2N3O/c1-15-7-8-21-22(9-15)29-24(28-21)18(13-27)10-17-11-19(25)12-20(26)23(17)30-14-16-5-3-2-4-6-16/h2-12H,14H2,1H3,(H,28,29). The lowest BCUT2D eigenvalue weighted by molar-refractivity contribution is 0.303. The summed E-state index contributed by atoms with van der Waals surface area (Å²) in [5.74, 6) is 1.32. The van der Waals surface area contributed by atoms with Gasteiger partial charge in [0.05, 0.1) is 20.2 Å². The molecular weight excluding hydrogens is 600 g/mol. The molecule has 0 radical (unpaired) electrons. The Labute approximate surface area is 202 Å². The van der Waals surface area contributed by atoms with Crippen LogP contribution in [-0.4, -0.2) is 9.97 Å². The number of hydrogen-bond donors (Lipinski definition) is 1. The van der Waals surface area contributed by atoms with Crippen LogP contribution in [0.4, 0.5) is 0 Å². The van der Waals surface area contributed by atoms with Crippen LogP contribution in [0, 0.1) is 25.4 Å². The number of ether oxygens (including phenoxy) is 1. The summed E-state index contributed by atoms with van der Waals surface area (Å²) < 4.78 is 8.25. The van der Waals surface area contributed by atoms with Crippen LogP contribution in [0.15, 0.2) is 60.7 Å². The fourth-order valence-corrected chi connectivity index (χ4v) is 5.17. The molecule has 0 unspecified atom stereocenters. The van der Waals surface area contributed by atoms with Crippen LogP contribution in [0.5, 0.6) is 5.75 Å². The molecule has 0 saturated heterocycles. The predicted molar refractivity (Wildman–Crippen MR) is 137 cm³/mol. The first-order valence-electron chi connectivity index (χ1n) is 9.28. The maximum atomic E-state index is 9.84. The van der Waals surface area contributed by atoms with Crippen molar-refractivity contribution >= 4 is 67.9 Å². The lowest BCUT2D eigenvalue weighted by atomic mass is 10.1. The fourth-order valence-electron chi connectivity index (χ4n) is 3.13. The molecule has 1 aromatic heterocycles. The summed E-state index contributed by atoms with van der Waals surface area (Å²) in [6, 6.07) is 22.4. The molecule has 6 heteroatoms. The smallest absolute Gasteiger partial charge is 0.149 e. The molecule has 4 nitrogen and oxygen atoms in total. The first kappa shape index (κ1) is 20.9. The molecule has 0 amide bonds. The molecule has 0 fully saturated rings. The Hall–Kier alpha value is -2.38. The maximum Gasteiger partial charge on any atom is 0.149 e. The Kier molecular flexibility index (Phi) is 6.39. The van der Waals surface area contributed by atoms with Crippen LogP contribution in [0.25, 0.3) is 22.7 Å². The van der Waals surface area contributed by atoms with Crippen LogP contribution in [0.1, 0.15) is 22.5 Å². The van der Waals surface area contributed by atoms with Crippen molar-refractivity contribution in [1.29, 1.82) is 5.26 Å². The van der Waals surface area contributed by atoms with Gasteiger partial charge in [-0.1, -0.05) is 36.4 Å². The summed E-state index contributed by atoms with van der Waals surface area (Å²) in [5, 5.41) is 9.84. The van der Waals surface area contributed by atoms with Crippen LogP contribution in [0.3, 0.4) is 0 Å². The van der Waals surface area contributed by atoms with Gasteiger partial charge in [-0.15, -0.1) is 0 Å². The highest BCUT2D eigenvalue weighted by atomic mass is 127. The van der Waals surface area contributed by atoms with Crippen molar-refractivity contribution in [2.75, 3.05) is 0 Å². The van der Waals surface area contributed by atoms with Gasteiger partial charge in [0.1, 0.15) is 24.3 Å². The third kappa shape index (κ3) is 4.68. The minimum atomic E-state index is 0.462. The molecule has 1 heterocycles. The number of nitrogens with zero attached hydrogens (tertiary/aromatic N) is 2. The summed E-state index contributed by atoms with van der Waals surface area (Å²) in [6.45, 7) is 2.50.